The largest absolute Gasteiger partial charge is 0.375 e. The lowest BCUT2D eigenvalue weighted by molar-refractivity contribution is -0.383. The number of benzene rings is 1. The molecule has 1 aliphatic rings. The number of aryl methyl sites for hydroxylation is 1. The van der Waals surface area contributed by atoms with E-state index in [1.807, 2.05) is 18.2 Å². The summed E-state index contributed by atoms with van der Waals surface area (Å²) in [6.45, 7) is 2.05. The van der Waals surface area contributed by atoms with Gasteiger partial charge in [-0.3, -0.25) is 10.1 Å². The number of ether oxygens (including phenoxy) is 1. The van der Waals surface area contributed by atoms with Crippen molar-refractivity contribution in [1.82, 2.24) is 0 Å². The highest BCUT2D eigenvalue weighted by atomic mass is 32.1. The van der Waals surface area contributed by atoms with Crippen LogP contribution in [0.1, 0.15) is 12.0 Å². The summed E-state index contributed by atoms with van der Waals surface area (Å²) in [5, 5.41) is 13.6. The number of nitro groups is 1. The van der Waals surface area contributed by atoms with Crippen molar-refractivity contribution in [2.24, 2.45) is 0 Å². The Morgan fingerprint density at radius 3 is 2.91 bits per heavy atom. The Kier molecular flexibility index (Phi) is 4.70. The molecule has 1 aromatic heterocycles. The normalized spacial score (nSPS) is 18.4. The van der Waals surface area contributed by atoms with Crippen LogP contribution in [-0.4, -0.2) is 30.7 Å². The highest BCUT2D eigenvalue weighted by Crippen LogP contribution is 2.35. The Morgan fingerprint density at radius 1 is 1.32 bits per heavy atom. The van der Waals surface area contributed by atoms with Crippen LogP contribution in [0.2, 0.25) is 0 Å². The summed E-state index contributed by atoms with van der Waals surface area (Å²) in [7, 11) is 0. The molecule has 3 rings (SSSR count). The van der Waals surface area contributed by atoms with Crippen LogP contribution in [0.3, 0.4) is 0 Å². The number of hydrogen-bond acceptors (Lipinski definition) is 5. The highest BCUT2D eigenvalue weighted by Gasteiger charge is 2.26. The van der Waals surface area contributed by atoms with Crippen molar-refractivity contribution in [3.8, 4) is 0 Å². The van der Waals surface area contributed by atoms with E-state index in [-0.39, 0.29) is 16.7 Å². The SMILES string of the molecule is O=[N+]([O-])c1ccsc1N1CCOC(CCc2ccccc2)C1. The molecule has 0 amide bonds. The molecule has 0 N–H and O–H groups in total. The number of hydrogen-bond donors (Lipinski definition) is 0. The minimum absolute atomic E-state index is 0.121. The predicted molar refractivity (Wildman–Crippen MR) is 87.7 cm³/mol. The topological polar surface area (TPSA) is 55.6 Å². The first-order chi connectivity index (χ1) is 10.7. The van der Waals surface area contributed by atoms with Crippen molar-refractivity contribution in [3.05, 3.63) is 57.5 Å². The average Bonchev–Trinajstić information content (AvgIpc) is 3.04. The minimum Gasteiger partial charge on any atom is -0.375 e. The highest BCUT2D eigenvalue weighted by molar-refractivity contribution is 7.14. The van der Waals surface area contributed by atoms with Gasteiger partial charge in [-0.1, -0.05) is 30.3 Å². The summed E-state index contributed by atoms with van der Waals surface area (Å²) in [6.07, 6.45) is 2.02. The molecule has 1 saturated heterocycles. The van der Waals surface area contributed by atoms with Gasteiger partial charge in [-0.05, 0) is 23.8 Å². The molecule has 6 heteroatoms. The molecule has 1 atom stereocenters. The fourth-order valence-corrected chi connectivity index (χ4v) is 3.62. The lowest BCUT2D eigenvalue weighted by atomic mass is 10.1. The van der Waals surface area contributed by atoms with Gasteiger partial charge >= 0.3 is 5.69 Å². The maximum Gasteiger partial charge on any atom is 0.303 e. The molecule has 1 unspecified atom stereocenters. The van der Waals surface area contributed by atoms with E-state index in [0.717, 1.165) is 17.8 Å². The van der Waals surface area contributed by atoms with Crippen LogP contribution >= 0.6 is 11.3 Å². The molecular formula is C16H18N2O3S. The second kappa shape index (κ2) is 6.89. The van der Waals surface area contributed by atoms with E-state index in [2.05, 4.69) is 17.0 Å². The number of anilines is 1. The first-order valence-electron chi connectivity index (χ1n) is 7.36. The van der Waals surface area contributed by atoms with Crippen LogP contribution in [-0.2, 0) is 11.2 Å². The van der Waals surface area contributed by atoms with Gasteiger partial charge in [0, 0.05) is 19.2 Å². The minimum atomic E-state index is -0.305. The van der Waals surface area contributed by atoms with Gasteiger partial charge in [0.05, 0.1) is 17.6 Å². The van der Waals surface area contributed by atoms with E-state index >= 15 is 0 Å². The van der Waals surface area contributed by atoms with Crippen LogP contribution in [0, 0.1) is 10.1 Å². The zero-order chi connectivity index (χ0) is 15.4. The molecule has 0 aliphatic carbocycles. The summed E-state index contributed by atoms with van der Waals surface area (Å²) in [4.78, 5) is 12.9. The summed E-state index contributed by atoms with van der Waals surface area (Å²) in [5.41, 5.74) is 1.50. The van der Waals surface area contributed by atoms with Gasteiger partial charge in [0.1, 0.15) is 0 Å². The second-order valence-corrected chi connectivity index (χ2v) is 6.23. The molecule has 0 bridgehead atoms. The van der Waals surface area contributed by atoms with E-state index < -0.39 is 0 Å². The van der Waals surface area contributed by atoms with Gasteiger partial charge in [-0.15, -0.1) is 11.3 Å². The van der Waals surface area contributed by atoms with Gasteiger partial charge in [0.2, 0.25) is 0 Å². The lowest BCUT2D eigenvalue weighted by Crippen LogP contribution is -2.42. The summed E-state index contributed by atoms with van der Waals surface area (Å²) in [6, 6.07) is 11.9. The molecule has 2 heterocycles. The van der Waals surface area contributed by atoms with Gasteiger partial charge in [-0.25, -0.2) is 0 Å². The fraction of sp³-hybridized carbons (Fsp3) is 0.375. The van der Waals surface area contributed by atoms with Crippen LogP contribution < -0.4 is 4.90 Å². The molecule has 2 aromatic rings. The van der Waals surface area contributed by atoms with Crippen LogP contribution in [0.25, 0.3) is 0 Å². The third-order valence-electron chi connectivity index (χ3n) is 3.85. The third-order valence-corrected chi connectivity index (χ3v) is 4.81. The van der Waals surface area contributed by atoms with Crippen molar-refractivity contribution in [1.29, 1.82) is 0 Å². The maximum absolute atomic E-state index is 11.1. The molecule has 1 aromatic carbocycles. The summed E-state index contributed by atoms with van der Waals surface area (Å²) < 4.78 is 5.82. The standard InChI is InChI=1S/C16H18N2O3S/c19-18(20)15-8-11-22-16(15)17-9-10-21-14(12-17)7-6-13-4-2-1-3-5-13/h1-5,8,11,14H,6-7,9-10,12H2. The van der Waals surface area contributed by atoms with Gasteiger partial charge in [0.15, 0.2) is 5.00 Å². The van der Waals surface area contributed by atoms with Gasteiger partial charge < -0.3 is 9.64 Å². The van der Waals surface area contributed by atoms with E-state index in [1.165, 1.54) is 16.9 Å². The molecule has 116 valence electrons. The Labute approximate surface area is 133 Å². The Hall–Kier alpha value is -1.92. The maximum atomic E-state index is 11.1. The van der Waals surface area contributed by atoms with Crippen molar-refractivity contribution >= 4 is 22.0 Å². The first kappa shape index (κ1) is 15.0. The van der Waals surface area contributed by atoms with Crippen molar-refractivity contribution in [2.45, 2.75) is 18.9 Å². The molecule has 22 heavy (non-hydrogen) atoms. The summed E-state index contributed by atoms with van der Waals surface area (Å²) >= 11 is 1.43. The lowest BCUT2D eigenvalue weighted by Gasteiger charge is -2.33. The number of thiophene rings is 1. The predicted octanol–water partition coefficient (Wildman–Crippen LogP) is 3.49. The Morgan fingerprint density at radius 2 is 2.14 bits per heavy atom. The van der Waals surface area contributed by atoms with E-state index in [1.54, 1.807) is 11.4 Å². The molecule has 5 nitrogen and oxygen atoms in total. The zero-order valence-corrected chi connectivity index (χ0v) is 13.0. The second-order valence-electron chi connectivity index (χ2n) is 5.33. The van der Waals surface area contributed by atoms with Crippen molar-refractivity contribution in [2.75, 3.05) is 24.6 Å². The van der Waals surface area contributed by atoms with Crippen molar-refractivity contribution < 1.29 is 9.66 Å². The van der Waals surface area contributed by atoms with Crippen LogP contribution in [0.15, 0.2) is 41.8 Å². The van der Waals surface area contributed by atoms with Crippen LogP contribution in [0.4, 0.5) is 10.7 Å². The fourth-order valence-electron chi connectivity index (χ4n) is 2.72. The number of morpholine rings is 1. The van der Waals surface area contributed by atoms with E-state index in [4.69, 9.17) is 4.74 Å². The third kappa shape index (κ3) is 3.45. The molecular weight excluding hydrogens is 300 g/mol. The zero-order valence-electron chi connectivity index (χ0n) is 12.2. The Balaban J connectivity index is 1.62. The molecule has 0 saturated carbocycles. The first-order valence-corrected chi connectivity index (χ1v) is 8.24. The Bertz CT molecular complexity index is 629. The molecule has 0 spiro atoms. The smallest absolute Gasteiger partial charge is 0.303 e. The number of nitrogens with zero attached hydrogens (tertiary/aromatic N) is 2. The monoisotopic (exact) mass is 318 g/mol. The summed E-state index contributed by atoms with van der Waals surface area (Å²) in [5.74, 6) is 0. The quantitative estimate of drug-likeness (QED) is 0.625. The molecule has 1 aliphatic heterocycles. The van der Waals surface area contributed by atoms with Gasteiger partial charge in [0.25, 0.3) is 0 Å². The average molecular weight is 318 g/mol. The van der Waals surface area contributed by atoms with E-state index in [9.17, 15) is 10.1 Å². The molecule has 1 fully saturated rings. The van der Waals surface area contributed by atoms with Crippen LogP contribution in [0.5, 0.6) is 0 Å². The molecule has 0 radical (unpaired) electrons. The van der Waals surface area contributed by atoms with Crippen molar-refractivity contribution in [3.63, 3.8) is 0 Å². The number of rotatable bonds is 5. The van der Waals surface area contributed by atoms with Gasteiger partial charge in [-0.2, -0.15) is 0 Å². The van der Waals surface area contributed by atoms with E-state index in [0.29, 0.717) is 19.7 Å².